The molecule has 0 heterocycles. The largest absolute Gasteiger partial charge is 0.397 e. The molecule has 19 heavy (non-hydrogen) atoms. The van der Waals surface area contributed by atoms with Crippen molar-refractivity contribution in [3.8, 4) is 6.07 Å². The number of nitrogens with two attached hydrogens (primary N) is 1. The van der Waals surface area contributed by atoms with Gasteiger partial charge in [0.25, 0.3) is 0 Å². The molecule has 0 saturated heterocycles. The molecule has 0 aliphatic heterocycles. The molecular formula is C16H17N3. The average Bonchev–Trinajstić information content (AvgIpc) is 2.41. The van der Waals surface area contributed by atoms with Crippen molar-refractivity contribution in [2.24, 2.45) is 0 Å². The van der Waals surface area contributed by atoms with Crippen LogP contribution in [0.15, 0.2) is 42.5 Å². The highest BCUT2D eigenvalue weighted by Gasteiger charge is 2.09. The van der Waals surface area contributed by atoms with Crippen molar-refractivity contribution in [1.29, 1.82) is 5.26 Å². The first-order chi connectivity index (χ1) is 9.11. The standard InChI is InChI=1S/C16H17N3/c1-11-5-3-4-6-14(11)12(2)19-16-9-13(10-17)7-8-15(16)18/h3-9,12,19H,18H2,1-2H3. The van der Waals surface area contributed by atoms with Crippen molar-refractivity contribution in [2.75, 3.05) is 11.1 Å². The molecule has 0 aromatic heterocycles. The number of nitrogen functional groups attached to an aromatic ring is 1. The zero-order valence-corrected chi connectivity index (χ0v) is 11.1. The number of nitriles is 1. The van der Waals surface area contributed by atoms with E-state index in [0.717, 1.165) is 5.69 Å². The average molecular weight is 251 g/mol. The van der Waals surface area contributed by atoms with Crippen molar-refractivity contribution in [2.45, 2.75) is 19.9 Å². The van der Waals surface area contributed by atoms with Crippen LogP contribution in [-0.2, 0) is 0 Å². The molecule has 0 radical (unpaired) electrons. The molecule has 3 N–H and O–H groups in total. The quantitative estimate of drug-likeness (QED) is 0.819. The minimum Gasteiger partial charge on any atom is -0.397 e. The fraction of sp³-hybridized carbons (Fsp3) is 0.188. The van der Waals surface area contributed by atoms with E-state index in [9.17, 15) is 0 Å². The van der Waals surface area contributed by atoms with Gasteiger partial charge in [-0.05, 0) is 43.2 Å². The number of anilines is 2. The first-order valence-corrected chi connectivity index (χ1v) is 6.23. The lowest BCUT2D eigenvalue weighted by atomic mass is 10.0. The fourth-order valence-electron chi connectivity index (χ4n) is 2.13. The molecule has 0 aliphatic rings. The van der Waals surface area contributed by atoms with Gasteiger partial charge in [0.15, 0.2) is 0 Å². The van der Waals surface area contributed by atoms with Crippen LogP contribution in [0, 0.1) is 18.3 Å². The smallest absolute Gasteiger partial charge is 0.0992 e. The van der Waals surface area contributed by atoms with Gasteiger partial charge in [0.1, 0.15) is 0 Å². The first kappa shape index (κ1) is 13.0. The molecule has 2 aromatic carbocycles. The predicted molar refractivity (Wildman–Crippen MR) is 78.8 cm³/mol. The highest BCUT2D eigenvalue weighted by molar-refractivity contribution is 5.69. The van der Waals surface area contributed by atoms with Gasteiger partial charge in [-0.3, -0.25) is 0 Å². The summed E-state index contributed by atoms with van der Waals surface area (Å²) in [5, 5.41) is 12.3. The molecule has 1 atom stereocenters. The van der Waals surface area contributed by atoms with Gasteiger partial charge in [0, 0.05) is 6.04 Å². The van der Waals surface area contributed by atoms with Gasteiger partial charge in [-0.1, -0.05) is 24.3 Å². The molecule has 0 fully saturated rings. The summed E-state index contributed by atoms with van der Waals surface area (Å²) < 4.78 is 0. The molecule has 1 unspecified atom stereocenters. The van der Waals surface area contributed by atoms with E-state index in [4.69, 9.17) is 11.0 Å². The molecule has 3 heteroatoms. The molecule has 0 saturated carbocycles. The van der Waals surface area contributed by atoms with E-state index < -0.39 is 0 Å². The summed E-state index contributed by atoms with van der Waals surface area (Å²) in [7, 11) is 0. The minimum absolute atomic E-state index is 0.137. The number of hydrogen-bond donors (Lipinski definition) is 2. The minimum atomic E-state index is 0.137. The summed E-state index contributed by atoms with van der Waals surface area (Å²) in [6.07, 6.45) is 0. The number of aryl methyl sites for hydroxylation is 1. The number of rotatable bonds is 3. The van der Waals surface area contributed by atoms with Gasteiger partial charge < -0.3 is 11.1 Å². The summed E-state index contributed by atoms with van der Waals surface area (Å²) in [6, 6.07) is 15.7. The van der Waals surface area contributed by atoms with Crippen LogP contribution >= 0.6 is 0 Å². The number of hydrogen-bond acceptors (Lipinski definition) is 3. The van der Waals surface area contributed by atoms with E-state index in [-0.39, 0.29) is 6.04 Å². The summed E-state index contributed by atoms with van der Waals surface area (Å²) >= 11 is 0. The van der Waals surface area contributed by atoms with Gasteiger partial charge in [-0.25, -0.2) is 0 Å². The molecule has 0 aliphatic carbocycles. The van der Waals surface area contributed by atoms with Crippen molar-refractivity contribution >= 4 is 11.4 Å². The Hall–Kier alpha value is -2.47. The van der Waals surface area contributed by atoms with Crippen molar-refractivity contribution < 1.29 is 0 Å². The highest BCUT2D eigenvalue weighted by atomic mass is 14.9. The van der Waals surface area contributed by atoms with Crippen LogP contribution in [0.2, 0.25) is 0 Å². The van der Waals surface area contributed by atoms with E-state index in [1.807, 2.05) is 12.1 Å². The van der Waals surface area contributed by atoms with E-state index in [1.54, 1.807) is 18.2 Å². The van der Waals surface area contributed by atoms with Gasteiger partial charge in [0.05, 0.1) is 23.0 Å². The SMILES string of the molecule is Cc1ccccc1C(C)Nc1cc(C#N)ccc1N. The van der Waals surface area contributed by atoms with Crippen molar-refractivity contribution in [1.82, 2.24) is 0 Å². The highest BCUT2D eigenvalue weighted by Crippen LogP contribution is 2.26. The van der Waals surface area contributed by atoms with Crippen LogP contribution in [-0.4, -0.2) is 0 Å². The maximum absolute atomic E-state index is 8.93. The van der Waals surface area contributed by atoms with Crippen LogP contribution in [0.5, 0.6) is 0 Å². The van der Waals surface area contributed by atoms with Crippen LogP contribution in [0.3, 0.4) is 0 Å². The Morgan fingerprint density at radius 3 is 2.63 bits per heavy atom. The molecule has 0 amide bonds. The lowest BCUT2D eigenvalue weighted by Crippen LogP contribution is -2.09. The third-order valence-electron chi connectivity index (χ3n) is 3.21. The lowest BCUT2D eigenvalue weighted by Gasteiger charge is -2.19. The molecule has 2 aromatic rings. The molecule has 3 nitrogen and oxygen atoms in total. The summed E-state index contributed by atoms with van der Waals surface area (Å²) in [5.74, 6) is 0. The van der Waals surface area contributed by atoms with E-state index in [0.29, 0.717) is 11.3 Å². The fourth-order valence-corrected chi connectivity index (χ4v) is 2.13. The zero-order valence-electron chi connectivity index (χ0n) is 11.1. The third-order valence-corrected chi connectivity index (χ3v) is 3.21. The zero-order chi connectivity index (χ0) is 13.8. The summed E-state index contributed by atoms with van der Waals surface area (Å²) in [6.45, 7) is 4.17. The monoisotopic (exact) mass is 251 g/mol. The molecule has 0 bridgehead atoms. The maximum atomic E-state index is 8.93. The van der Waals surface area contributed by atoms with Crippen molar-refractivity contribution in [3.05, 3.63) is 59.2 Å². The predicted octanol–water partition coefficient (Wildman–Crippen LogP) is 3.62. The van der Waals surface area contributed by atoms with Crippen LogP contribution in [0.1, 0.15) is 29.7 Å². The van der Waals surface area contributed by atoms with Gasteiger partial charge in [-0.15, -0.1) is 0 Å². The Labute approximate surface area is 113 Å². The summed E-state index contributed by atoms with van der Waals surface area (Å²) in [4.78, 5) is 0. The Balaban J connectivity index is 2.27. The van der Waals surface area contributed by atoms with Crippen LogP contribution in [0.25, 0.3) is 0 Å². The Morgan fingerprint density at radius 2 is 1.95 bits per heavy atom. The second kappa shape index (κ2) is 5.45. The molecular weight excluding hydrogens is 234 g/mol. The normalized spacial score (nSPS) is 11.6. The topological polar surface area (TPSA) is 61.8 Å². The molecule has 0 spiro atoms. The van der Waals surface area contributed by atoms with Gasteiger partial charge >= 0.3 is 0 Å². The summed E-state index contributed by atoms with van der Waals surface area (Å²) in [5.41, 5.74) is 10.5. The van der Waals surface area contributed by atoms with Crippen LogP contribution in [0.4, 0.5) is 11.4 Å². The molecule has 96 valence electrons. The second-order valence-electron chi connectivity index (χ2n) is 4.64. The van der Waals surface area contributed by atoms with Crippen LogP contribution < -0.4 is 11.1 Å². The Morgan fingerprint density at radius 1 is 1.21 bits per heavy atom. The van der Waals surface area contributed by atoms with E-state index in [2.05, 4.69) is 37.4 Å². The first-order valence-electron chi connectivity index (χ1n) is 6.23. The van der Waals surface area contributed by atoms with Gasteiger partial charge in [0.2, 0.25) is 0 Å². The maximum Gasteiger partial charge on any atom is 0.0992 e. The Kier molecular flexibility index (Phi) is 3.72. The van der Waals surface area contributed by atoms with Crippen molar-refractivity contribution in [3.63, 3.8) is 0 Å². The number of nitrogens with zero attached hydrogens (tertiary/aromatic N) is 1. The van der Waals surface area contributed by atoms with E-state index >= 15 is 0 Å². The third kappa shape index (κ3) is 2.86. The lowest BCUT2D eigenvalue weighted by molar-refractivity contribution is 0.875. The van der Waals surface area contributed by atoms with E-state index in [1.165, 1.54) is 11.1 Å². The van der Waals surface area contributed by atoms with Gasteiger partial charge in [-0.2, -0.15) is 5.26 Å². The number of benzene rings is 2. The second-order valence-corrected chi connectivity index (χ2v) is 4.64. The molecule has 2 rings (SSSR count). The number of nitrogens with one attached hydrogen (secondary N) is 1. The Bertz CT molecular complexity index is 626.